The van der Waals surface area contributed by atoms with Crippen molar-refractivity contribution in [3.05, 3.63) is 105 Å². The summed E-state index contributed by atoms with van der Waals surface area (Å²) in [6.45, 7) is 0. The third kappa shape index (κ3) is 3.17. The van der Waals surface area contributed by atoms with Gasteiger partial charge in [-0.25, -0.2) is 4.68 Å². The van der Waals surface area contributed by atoms with Crippen molar-refractivity contribution in [2.75, 3.05) is 5.84 Å². The Hall–Kier alpha value is -2.86. The van der Waals surface area contributed by atoms with Crippen LogP contribution in [0.15, 0.2) is 95.8 Å². The van der Waals surface area contributed by atoms with Gasteiger partial charge in [0.15, 0.2) is 0 Å². The van der Waals surface area contributed by atoms with E-state index < -0.39 is 0 Å². The van der Waals surface area contributed by atoms with E-state index in [1.54, 1.807) is 0 Å². The van der Waals surface area contributed by atoms with Gasteiger partial charge in [-0.1, -0.05) is 91.0 Å². The molecule has 27 heavy (non-hydrogen) atoms. The summed E-state index contributed by atoms with van der Waals surface area (Å²) < 4.78 is 1.88. The molecule has 0 aliphatic heterocycles. The molecule has 4 heteroatoms. The highest BCUT2D eigenvalue weighted by molar-refractivity contribution is 14.1. The SMILES string of the molecule is Nn1c(-c2ccccc2)c(-c2ccccc2)c(-c2ccccc2)c(I)c1=O. The van der Waals surface area contributed by atoms with Crippen LogP contribution < -0.4 is 11.4 Å². The number of benzene rings is 3. The summed E-state index contributed by atoms with van der Waals surface area (Å²) >= 11 is 2.11. The molecule has 0 unspecified atom stereocenters. The van der Waals surface area contributed by atoms with Gasteiger partial charge in [0.05, 0.1) is 9.26 Å². The molecule has 4 aromatic rings. The van der Waals surface area contributed by atoms with Gasteiger partial charge >= 0.3 is 0 Å². The van der Waals surface area contributed by atoms with Crippen LogP contribution in [0.3, 0.4) is 0 Å². The number of nitrogens with two attached hydrogens (primary N) is 1. The first kappa shape index (κ1) is 17.5. The summed E-state index contributed by atoms with van der Waals surface area (Å²) in [5.41, 5.74) is 5.30. The van der Waals surface area contributed by atoms with Gasteiger partial charge in [-0.05, 0) is 33.7 Å². The van der Waals surface area contributed by atoms with Crippen LogP contribution in [0.5, 0.6) is 0 Å². The maximum Gasteiger partial charge on any atom is 0.283 e. The minimum atomic E-state index is -0.201. The fraction of sp³-hybridized carbons (Fsp3) is 0. The summed E-state index contributed by atoms with van der Waals surface area (Å²) in [5.74, 6) is 6.30. The van der Waals surface area contributed by atoms with Crippen LogP contribution in [0.2, 0.25) is 0 Å². The Morgan fingerprint density at radius 1 is 0.630 bits per heavy atom. The molecule has 0 fully saturated rings. The fourth-order valence-electron chi connectivity index (χ4n) is 3.30. The molecule has 0 aliphatic rings. The van der Waals surface area contributed by atoms with Crippen molar-refractivity contribution >= 4 is 22.6 Å². The largest absolute Gasteiger partial charge is 0.336 e. The van der Waals surface area contributed by atoms with Crippen molar-refractivity contribution in [1.82, 2.24) is 4.68 Å². The Morgan fingerprint density at radius 2 is 1.04 bits per heavy atom. The van der Waals surface area contributed by atoms with Gasteiger partial charge in [-0.2, -0.15) is 0 Å². The molecule has 1 heterocycles. The molecule has 0 radical (unpaired) electrons. The van der Waals surface area contributed by atoms with E-state index in [-0.39, 0.29) is 5.56 Å². The minimum absolute atomic E-state index is 0.201. The molecule has 0 atom stereocenters. The molecule has 0 saturated heterocycles. The summed E-state index contributed by atoms with van der Waals surface area (Å²) in [7, 11) is 0. The van der Waals surface area contributed by atoms with Gasteiger partial charge in [0.1, 0.15) is 0 Å². The Bertz CT molecular complexity index is 1070. The molecule has 4 rings (SSSR count). The number of nitrogen functional groups attached to an aromatic ring is 1. The van der Waals surface area contributed by atoms with E-state index in [1.165, 1.54) is 4.68 Å². The third-order valence-corrected chi connectivity index (χ3v) is 5.53. The molecular weight excluding hydrogens is 447 g/mol. The van der Waals surface area contributed by atoms with Gasteiger partial charge < -0.3 is 5.84 Å². The molecule has 0 spiro atoms. The van der Waals surface area contributed by atoms with Crippen LogP contribution in [0.25, 0.3) is 33.5 Å². The highest BCUT2D eigenvalue weighted by Crippen LogP contribution is 2.40. The minimum Gasteiger partial charge on any atom is -0.336 e. The van der Waals surface area contributed by atoms with E-state index in [0.29, 0.717) is 9.26 Å². The lowest BCUT2D eigenvalue weighted by molar-refractivity contribution is 0.941. The number of hydrogen-bond acceptors (Lipinski definition) is 2. The maximum absolute atomic E-state index is 13.0. The van der Waals surface area contributed by atoms with E-state index >= 15 is 0 Å². The average Bonchev–Trinajstić information content (AvgIpc) is 2.73. The Morgan fingerprint density at radius 3 is 1.52 bits per heavy atom. The molecular formula is C23H17IN2O. The second-order valence-corrected chi connectivity index (χ2v) is 7.26. The highest BCUT2D eigenvalue weighted by atomic mass is 127. The van der Waals surface area contributed by atoms with Gasteiger partial charge in [0.25, 0.3) is 5.56 Å². The summed E-state index contributed by atoms with van der Waals surface area (Å²) in [5, 5.41) is 0. The Balaban J connectivity index is 2.20. The second kappa shape index (κ2) is 7.40. The van der Waals surface area contributed by atoms with Crippen LogP contribution in [-0.2, 0) is 0 Å². The normalized spacial score (nSPS) is 10.7. The van der Waals surface area contributed by atoms with Crippen molar-refractivity contribution in [1.29, 1.82) is 0 Å². The predicted octanol–water partition coefficient (Wildman–Crippen LogP) is 5.17. The maximum atomic E-state index is 13.0. The summed E-state index contributed by atoms with van der Waals surface area (Å²) in [4.78, 5) is 13.0. The van der Waals surface area contributed by atoms with Gasteiger partial charge in [-0.15, -0.1) is 0 Å². The zero-order chi connectivity index (χ0) is 18.8. The molecule has 3 nitrogen and oxygen atoms in total. The van der Waals surface area contributed by atoms with E-state index in [4.69, 9.17) is 5.84 Å². The smallest absolute Gasteiger partial charge is 0.283 e. The van der Waals surface area contributed by atoms with Crippen molar-refractivity contribution in [2.45, 2.75) is 0 Å². The van der Waals surface area contributed by atoms with Gasteiger partial charge in [0, 0.05) is 16.7 Å². The highest BCUT2D eigenvalue weighted by Gasteiger charge is 2.22. The van der Waals surface area contributed by atoms with Crippen LogP contribution in [-0.4, -0.2) is 4.68 Å². The van der Waals surface area contributed by atoms with E-state index in [0.717, 1.165) is 27.8 Å². The molecule has 0 saturated carbocycles. The molecule has 1 aromatic heterocycles. The number of halogens is 1. The van der Waals surface area contributed by atoms with Crippen LogP contribution in [0.4, 0.5) is 0 Å². The molecule has 0 aliphatic carbocycles. The van der Waals surface area contributed by atoms with Crippen molar-refractivity contribution in [2.24, 2.45) is 0 Å². The van der Waals surface area contributed by atoms with Crippen molar-refractivity contribution in [3.63, 3.8) is 0 Å². The van der Waals surface area contributed by atoms with E-state index in [2.05, 4.69) is 34.7 Å². The van der Waals surface area contributed by atoms with Crippen molar-refractivity contribution < 1.29 is 0 Å². The second-order valence-electron chi connectivity index (χ2n) is 6.19. The topological polar surface area (TPSA) is 48.0 Å². The van der Waals surface area contributed by atoms with Crippen LogP contribution >= 0.6 is 22.6 Å². The zero-order valence-corrected chi connectivity index (χ0v) is 16.6. The van der Waals surface area contributed by atoms with Gasteiger partial charge in [0.2, 0.25) is 0 Å². The molecule has 2 N–H and O–H groups in total. The molecule has 132 valence electrons. The first-order chi connectivity index (χ1) is 13.2. The quantitative estimate of drug-likeness (QED) is 0.336. The summed E-state index contributed by atoms with van der Waals surface area (Å²) in [6.07, 6.45) is 0. The van der Waals surface area contributed by atoms with Crippen LogP contribution in [0.1, 0.15) is 0 Å². The molecule has 0 bridgehead atoms. The lowest BCUT2D eigenvalue weighted by Crippen LogP contribution is -2.32. The number of aromatic nitrogens is 1. The predicted molar refractivity (Wildman–Crippen MR) is 120 cm³/mol. The number of rotatable bonds is 3. The fourth-order valence-corrected chi connectivity index (χ4v) is 4.14. The number of pyridine rings is 1. The molecule has 0 amide bonds. The first-order valence-electron chi connectivity index (χ1n) is 8.58. The first-order valence-corrected chi connectivity index (χ1v) is 9.66. The molecule has 3 aromatic carbocycles. The zero-order valence-electron chi connectivity index (χ0n) is 14.5. The van der Waals surface area contributed by atoms with E-state index in [1.807, 2.05) is 78.9 Å². The monoisotopic (exact) mass is 464 g/mol. The Labute approximate surface area is 171 Å². The third-order valence-electron chi connectivity index (χ3n) is 4.53. The van der Waals surface area contributed by atoms with Crippen molar-refractivity contribution in [3.8, 4) is 33.5 Å². The van der Waals surface area contributed by atoms with Gasteiger partial charge in [-0.3, -0.25) is 4.79 Å². The number of hydrogen-bond donors (Lipinski definition) is 1. The summed E-state index contributed by atoms with van der Waals surface area (Å²) in [6, 6.07) is 29.9. The lowest BCUT2D eigenvalue weighted by Gasteiger charge is -2.20. The Kier molecular flexibility index (Phi) is 4.81. The average molecular weight is 464 g/mol. The number of nitrogens with zero attached hydrogens (tertiary/aromatic N) is 1. The standard InChI is InChI=1S/C23H17IN2O/c24-21-19(16-10-4-1-5-11-16)20(17-12-6-2-7-13-17)22(26(25)23(21)27)18-14-8-3-9-15-18/h1-15H,25H2. The van der Waals surface area contributed by atoms with Crippen LogP contribution in [0, 0.1) is 3.57 Å². The van der Waals surface area contributed by atoms with E-state index in [9.17, 15) is 4.79 Å². The lowest BCUT2D eigenvalue weighted by atomic mass is 9.91.